The smallest absolute Gasteiger partial charge is 0.252 e. The molecule has 3 saturated heterocycles. The van der Waals surface area contributed by atoms with Crippen LogP contribution in [-0.4, -0.2) is 66.7 Å². The van der Waals surface area contributed by atoms with E-state index in [1.807, 2.05) is 0 Å². The highest BCUT2D eigenvalue weighted by Gasteiger charge is 2.53. The Morgan fingerprint density at radius 1 is 1.31 bits per heavy atom. The fourth-order valence-electron chi connectivity index (χ4n) is 4.49. The number of guanidine groups is 1. The van der Waals surface area contributed by atoms with Crippen LogP contribution in [0.5, 0.6) is 0 Å². The van der Waals surface area contributed by atoms with Crippen molar-refractivity contribution in [2.75, 3.05) is 32.7 Å². The second-order valence-corrected chi connectivity index (χ2v) is 7.26. The lowest BCUT2D eigenvalue weighted by Gasteiger charge is -2.23. The number of ether oxygens (including phenoxy) is 1. The molecule has 2 bridgehead atoms. The molecule has 4 unspecified atom stereocenters. The summed E-state index contributed by atoms with van der Waals surface area (Å²) in [5.41, 5.74) is 0.575. The van der Waals surface area contributed by atoms with Gasteiger partial charge in [0.05, 0.1) is 24.3 Å². The van der Waals surface area contributed by atoms with E-state index in [-0.39, 0.29) is 5.91 Å². The molecule has 2 N–H and O–H groups in total. The molecule has 7 nitrogen and oxygen atoms in total. The molecule has 1 aromatic heterocycles. The second kappa shape index (κ2) is 7.61. The van der Waals surface area contributed by atoms with E-state index in [0.29, 0.717) is 42.7 Å². The summed E-state index contributed by atoms with van der Waals surface area (Å²) in [5.74, 6) is 2.16. The fraction of sp³-hybridized carbons (Fsp3) is 0.632. The maximum absolute atomic E-state index is 12.0. The molecule has 1 aromatic rings. The lowest BCUT2D eigenvalue weighted by Crippen LogP contribution is -2.41. The van der Waals surface area contributed by atoms with Crippen LogP contribution >= 0.6 is 0 Å². The van der Waals surface area contributed by atoms with Gasteiger partial charge in [0.1, 0.15) is 0 Å². The first-order valence-electron chi connectivity index (χ1n) is 9.63. The van der Waals surface area contributed by atoms with E-state index in [0.717, 1.165) is 25.6 Å². The molecule has 0 aliphatic carbocycles. The van der Waals surface area contributed by atoms with E-state index in [9.17, 15) is 4.79 Å². The third-order valence-electron chi connectivity index (χ3n) is 5.67. The summed E-state index contributed by atoms with van der Waals surface area (Å²) in [5, 5.41) is 6.29. The van der Waals surface area contributed by atoms with Crippen LogP contribution in [-0.2, 0) is 4.74 Å². The van der Waals surface area contributed by atoms with Crippen LogP contribution in [0.3, 0.4) is 0 Å². The predicted molar refractivity (Wildman–Crippen MR) is 99.0 cm³/mol. The number of hydrogen-bond donors (Lipinski definition) is 2. The molecule has 140 valence electrons. The number of nitrogens with one attached hydrogen (secondary N) is 2. The minimum atomic E-state index is -0.109. The van der Waals surface area contributed by atoms with Crippen LogP contribution in [0.4, 0.5) is 0 Å². The van der Waals surface area contributed by atoms with E-state index in [1.54, 1.807) is 24.5 Å². The third kappa shape index (κ3) is 3.40. The lowest BCUT2D eigenvalue weighted by molar-refractivity contribution is 0.0767. The number of hydrogen-bond acceptors (Lipinski definition) is 4. The first-order chi connectivity index (χ1) is 12.8. The number of aliphatic imine (C=N–C) groups is 1. The van der Waals surface area contributed by atoms with Gasteiger partial charge in [0.2, 0.25) is 0 Å². The predicted octanol–water partition coefficient (Wildman–Crippen LogP) is 0.886. The zero-order valence-corrected chi connectivity index (χ0v) is 15.2. The van der Waals surface area contributed by atoms with Gasteiger partial charge < -0.3 is 20.3 Å². The molecular weight excluding hydrogens is 330 g/mol. The molecule has 0 radical (unpaired) electrons. The first-order valence-corrected chi connectivity index (χ1v) is 9.63. The topological polar surface area (TPSA) is 78.8 Å². The molecule has 7 heteroatoms. The molecule has 0 aromatic carbocycles. The highest BCUT2D eigenvalue weighted by Crippen LogP contribution is 2.47. The van der Waals surface area contributed by atoms with Gasteiger partial charge in [-0.3, -0.25) is 14.8 Å². The molecule has 4 heterocycles. The Morgan fingerprint density at radius 3 is 2.73 bits per heavy atom. The molecule has 0 spiro atoms. The molecular formula is C19H27N5O2. The third-order valence-corrected chi connectivity index (χ3v) is 5.67. The highest BCUT2D eigenvalue weighted by atomic mass is 16.5. The van der Waals surface area contributed by atoms with Crippen molar-refractivity contribution in [3.8, 4) is 0 Å². The second-order valence-electron chi connectivity index (χ2n) is 7.26. The molecule has 3 fully saturated rings. The zero-order chi connectivity index (χ0) is 17.9. The van der Waals surface area contributed by atoms with E-state index < -0.39 is 0 Å². The van der Waals surface area contributed by atoms with Crippen molar-refractivity contribution in [2.45, 2.75) is 32.0 Å². The first kappa shape index (κ1) is 17.3. The Balaban J connectivity index is 1.30. The lowest BCUT2D eigenvalue weighted by atomic mass is 9.82. The summed E-state index contributed by atoms with van der Waals surface area (Å²) in [4.78, 5) is 23.1. The van der Waals surface area contributed by atoms with Gasteiger partial charge in [-0.2, -0.15) is 0 Å². The minimum absolute atomic E-state index is 0.109. The fourth-order valence-corrected chi connectivity index (χ4v) is 4.49. The van der Waals surface area contributed by atoms with Gasteiger partial charge in [-0.05, 0) is 31.9 Å². The van der Waals surface area contributed by atoms with Gasteiger partial charge in [-0.25, -0.2) is 0 Å². The standard InChI is InChI=1S/C19H27N5O2/c1-2-21-19(23-9-8-22-18(25)13-4-3-7-20-10-13)24-11-14-15(12-24)17-6-5-16(14)26-17/h3-4,7,10,14-17H,2,5-6,8-9,11-12H2,1H3,(H,21,23)(H,22,25). The molecule has 0 saturated carbocycles. The summed E-state index contributed by atoms with van der Waals surface area (Å²) < 4.78 is 6.05. The Bertz CT molecular complexity index is 647. The van der Waals surface area contributed by atoms with Crippen molar-refractivity contribution in [2.24, 2.45) is 16.8 Å². The van der Waals surface area contributed by atoms with Crippen molar-refractivity contribution in [1.82, 2.24) is 20.5 Å². The Kier molecular flexibility index (Phi) is 5.06. The molecule has 3 aliphatic heterocycles. The summed E-state index contributed by atoms with van der Waals surface area (Å²) in [6, 6.07) is 3.52. The van der Waals surface area contributed by atoms with Crippen molar-refractivity contribution in [1.29, 1.82) is 0 Å². The molecule has 4 atom stereocenters. The van der Waals surface area contributed by atoms with Crippen LogP contribution < -0.4 is 10.6 Å². The van der Waals surface area contributed by atoms with Gasteiger partial charge >= 0.3 is 0 Å². The van der Waals surface area contributed by atoms with Gasteiger partial charge in [-0.15, -0.1) is 0 Å². The monoisotopic (exact) mass is 357 g/mol. The van der Waals surface area contributed by atoms with Crippen LogP contribution in [0.1, 0.15) is 30.1 Å². The number of fused-ring (bicyclic) bond motifs is 5. The van der Waals surface area contributed by atoms with Gasteiger partial charge in [-0.1, -0.05) is 0 Å². The minimum Gasteiger partial charge on any atom is -0.374 e. The number of carbonyl (C=O) groups is 1. The van der Waals surface area contributed by atoms with E-state index in [4.69, 9.17) is 9.73 Å². The van der Waals surface area contributed by atoms with Crippen molar-refractivity contribution in [3.63, 3.8) is 0 Å². The summed E-state index contributed by atoms with van der Waals surface area (Å²) in [7, 11) is 0. The van der Waals surface area contributed by atoms with Crippen LogP contribution in [0.25, 0.3) is 0 Å². The van der Waals surface area contributed by atoms with Gasteiger partial charge in [0.15, 0.2) is 5.96 Å². The number of aromatic nitrogens is 1. The molecule has 3 aliphatic rings. The van der Waals surface area contributed by atoms with E-state index >= 15 is 0 Å². The Morgan fingerprint density at radius 2 is 2.08 bits per heavy atom. The summed E-state index contributed by atoms with van der Waals surface area (Å²) in [6.07, 6.45) is 6.57. The number of likely N-dealkylation sites (tertiary alicyclic amines) is 1. The van der Waals surface area contributed by atoms with Crippen molar-refractivity contribution < 1.29 is 9.53 Å². The maximum atomic E-state index is 12.0. The zero-order valence-electron chi connectivity index (χ0n) is 15.2. The Hall–Kier alpha value is -2.15. The number of nitrogens with zero attached hydrogens (tertiary/aromatic N) is 3. The number of rotatable bonds is 5. The van der Waals surface area contributed by atoms with Crippen molar-refractivity contribution >= 4 is 11.9 Å². The van der Waals surface area contributed by atoms with Gasteiger partial charge in [0.25, 0.3) is 5.91 Å². The largest absolute Gasteiger partial charge is 0.374 e. The van der Waals surface area contributed by atoms with Crippen LogP contribution in [0.2, 0.25) is 0 Å². The van der Waals surface area contributed by atoms with E-state index in [1.165, 1.54) is 12.8 Å². The number of amides is 1. The highest BCUT2D eigenvalue weighted by molar-refractivity contribution is 5.93. The maximum Gasteiger partial charge on any atom is 0.252 e. The SMILES string of the molecule is CCNC(=NCCNC(=O)c1cccnc1)N1CC2C3CCC(O3)C2C1. The summed E-state index contributed by atoms with van der Waals surface area (Å²) >= 11 is 0. The Labute approximate surface area is 154 Å². The number of carbonyl (C=O) groups excluding carboxylic acids is 1. The van der Waals surface area contributed by atoms with Crippen molar-refractivity contribution in [3.05, 3.63) is 30.1 Å². The van der Waals surface area contributed by atoms with E-state index in [2.05, 4.69) is 27.4 Å². The quantitative estimate of drug-likeness (QED) is 0.465. The van der Waals surface area contributed by atoms with Gasteiger partial charge in [0, 0.05) is 50.4 Å². The molecule has 1 amide bonds. The average Bonchev–Trinajstić information content (AvgIpc) is 3.38. The average molecular weight is 357 g/mol. The van der Waals surface area contributed by atoms with Crippen LogP contribution in [0.15, 0.2) is 29.5 Å². The van der Waals surface area contributed by atoms with Crippen LogP contribution in [0, 0.1) is 11.8 Å². The number of pyridine rings is 1. The molecule has 4 rings (SSSR count). The normalized spacial score (nSPS) is 29.7. The summed E-state index contributed by atoms with van der Waals surface area (Å²) in [6.45, 7) is 6.06. The molecule has 26 heavy (non-hydrogen) atoms.